The van der Waals surface area contributed by atoms with E-state index in [0.29, 0.717) is 47.4 Å². The number of ether oxygens (including phenoxy) is 1. The number of nitrogens with one attached hydrogen (secondary N) is 2. The van der Waals surface area contributed by atoms with Crippen molar-refractivity contribution in [1.82, 2.24) is 10.3 Å². The first-order chi connectivity index (χ1) is 14.5. The van der Waals surface area contributed by atoms with E-state index in [1.54, 1.807) is 24.3 Å². The number of benzene rings is 2. The Hall–Kier alpha value is -3.59. The molecule has 1 aromatic heterocycles. The first-order valence-corrected chi connectivity index (χ1v) is 10.1. The smallest absolute Gasteiger partial charge is 0.404 e. The van der Waals surface area contributed by atoms with E-state index in [0.717, 1.165) is 5.56 Å². The van der Waals surface area contributed by atoms with Crippen molar-refractivity contribution in [3.8, 4) is 5.75 Å². The summed E-state index contributed by atoms with van der Waals surface area (Å²) in [7, 11) is 0. The minimum Gasteiger partial charge on any atom is -0.489 e. The number of hydrogen-bond donors (Lipinski definition) is 4. The Morgan fingerprint density at radius 1 is 1.10 bits per heavy atom. The number of rotatable bonds is 10. The molecule has 0 atom stereocenters. The Morgan fingerprint density at radius 2 is 1.90 bits per heavy atom. The van der Waals surface area contributed by atoms with Crippen molar-refractivity contribution in [2.45, 2.75) is 13.0 Å². The normalized spacial score (nSPS) is 10.4. The molecule has 0 aliphatic rings. The number of carbonyl (C=O) groups is 2. The first kappa shape index (κ1) is 21.1. The molecule has 0 saturated heterocycles. The highest BCUT2D eigenvalue weighted by Gasteiger charge is 2.18. The molecule has 9 heteroatoms. The quantitative estimate of drug-likeness (QED) is 0.288. The molecule has 0 unspecified atom stereocenters. The molecular formula is C21H22N4O4S. The standard InChI is InChI=1S/C21H22N4O4S/c22-19-18(30-20(25-19)23-10-5-11-24-21(27)28)17(26)15-8-4-9-16(12-15)29-13-14-6-2-1-3-7-14/h1-4,6-9,12,24H,5,10-11,13,22H2,(H,23,25)(H,27,28). The van der Waals surface area contributed by atoms with Crippen LogP contribution >= 0.6 is 11.3 Å². The van der Waals surface area contributed by atoms with Gasteiger partial charge in [-0.3, -0.25) is 4.79 Å². The zero-order chi connectivity index (χ0) is 21.3. The maximum atomic E-state index is 12.9. The number of ketones is 1. The van der Waals surface area contributed by atoms with Gasteiger partial charge in [-0.1, -0.05) is 53.8 Å². The van der Waals surface area contributed by atoms with Crippen molar-refractivity contribution >= 4 is 34.2 Å². The molecule has 2 aromatic carbocycles. The van der Waals surface area contributed by atoms with Crippen LogP contribution in [-0.4, -0.2) is 35.1 Å². The van der Waals surface area contributed by atoms with E-state index in [1.807, 2.05) is 30.3 Å². The van der Waals surface area contributed by atoms with Crippen LogP contribution in [0.1, 0.15) is 27.2 Å². The van der Waals surface area contributed by atoms with Crippen molar-refractivity contribution in [1.29, 1.82) is 0 Å². The summed E-state index contributed by atoms with van der Waals surface area (Å²) < 4.78 is 5.79. The van der Waals surface area contributed by atoms with E-state index < -0.39 is 6.09 Å². The van der Waals surface area contributed by atoms with Gasteiger partial charge in [0.2, 0.25) is 5.78 Å². The molecule has 30 heavy (non-hydrogen) atoms. The van der Waals surface area contributed by atoms with Gasteiger partial charge in [0.1, 0.15) is 23.1 Å². The summed E-state index contributed by atoms with van der Waals surface area (Å²) in [4.78, 5) is 27.8. The summed E-state index contributed by atoms with van der Waals surface area (Å²) in [5.74, 6) is 0.527. The third-order valence-corrected chi connectivity index (χ3v) is 5.14. The predicted octanol–water partition coefficient (Wildman–Crippen LogP) is 3.60. The van der Waals surface area contributed by atoms with Gasteiger partial charge in [-0.15, -0.1) is 0 Å². The highest BCUT2D eigenvalue weighted by Crippen LogP contribution is 2.28. The van der Waals surface area contributed by atoms with Crippen molar-refractivity contribution < 1.29 is 19.4 Å². The van der Waals surface area contributed by atoms with Gasteiger partial charge in [0.25, 0.3) is 0 Å². The lowest BCUT2D eigenvalue weighted by Gasteiger charge is -2.07. The van der Waals surface area contributed by atoms with Gasteiger partial charge in [-0.25, -0.2) is 9.78 Å². The topological polar surface area (TPSA) is 127 Å². The Morgan fingerprint density at radius 3 is 2.67 bits per heavy atom. The summed E-state index contributed by atoms with van der Waals surface area (Å²) >= 11 is 1.17. The molecule has 0 spiro atoms. The van der Waals surface area contributed by atoms with Crippen LogP contribution < -0.4 is 21.1 Å². The maximum absolute atomic E-state index is 12.9. The van der Waals surface area contributed by atoms with Gasteiger partial charge in [-0.2, -0.15) is 0 Å². The Balaban J connectivity index is 1.60. The monoisotopic (exact) mass is 426 g/mol. The molecule has 3 rings (SSSR count). The van der Waals surface area contributed by atoms with E-state index >= 15 is 0 Å². The van der Waals surface area contributed by atoms with Gasteiger partial charge in [0.15, 0.2) is 5.13 Å². The van der Waals surface area contributed by atoms with Crippen LogP contribution in [0.2, 0.25) is 0 Å². The fourth-order valence-corrected chi connectivity index (χ4v) is 3.52. The minimum atomic E-state index is -1.06. The SMILES string of the molecule is Nc1nc(NCCCNC(=O)O)sc1C(=O)c1cccc(OCc2ccccc2)c1. The fourth-order valence-electron chi connectivity index (χ4n) is 2.65. The van der Waals surface area contributed by atoms with E-state index in [1.165, 1.54) is 11.3 Å². The lowest BCUT2D eigenvalue weighted by atomic mass is 10.1. The number of carbonyl (C=O) groups excluding carboxylic acids is 1. The molecular weight excluding hydrogens is 404 g/mol. The Kier molecular flexibility index (Phi) is 7.23. The summed E-state index contributed by atoms with van der Waals surface area (Å²) in [5.41, 5.74) is 7.44. The molecule has 1 amide bonds. The molecule has 0 fully saturated rings. The molecule has 0 saturated carbocycles. The number of thiazole rings is 1. The number of nitrogen functional groups attached to an aromatic ring is 1. The van der Waals surface area contributed by atoms with Gasteiger partial charge in [0, 0.05) is 18.7 Å². The zero-order valence-electron chi connectivity index (χ0n) is 16.1. The van der Waals surface area contributed by atoms with Gasteiger partial charge >= 0.3 is 6.09 Å². The fraction of sp³-hybridized carbons (Fsp3) is 0.190. The van der Waals surface area contributed by atoms with Crippen molar-refractivity contribution in [2.75, 3.05) is 24.1 Å². The van der Waals surface area contributed by atoms with Crippen molar-refractivity contribution in [2.24, 2.45) is 0 Å². The molecule has 0 aliphatic carbocycles. The number of nitrogens with two attached hydrogens (primary N) is 1. The van der Waals surface area contributed by atoms with Crippen molar-refractivity contribution in [3.05, 3.63) is 70.6 Å². The molecule has 0 radical (unpaired) electrons. The van der Waals surface area contributed by atoms with Crippen LogP contribution in [0.4, 0.5) is 15.7 Å². The number of amides is 1. The van der Waals surface area contributed by atoms with E-state index in [2.05, 4.69) is 15.6 Å². The lowest BCUT2D eigenvalue weighted by Crippen LogP contribution is -2.23. The number of anilines is 2. The van der Waals surface area contributed by atoms with Crippen molar-refractivity contribution in [3.63, 3.8) is 0 Å². The predicted molar refractivity (Wildman–Crippen MR) is 116 cm³/mol. The second-order valence-electron chi connectivity index (χ2n) is 6.38. The minimum absolute atomic E-state index is 0.159. The first-order valence-electron chi connectivity index (χ1n) is 9.31. The Bertz CT molecular complexity index is 1010. The largest absolute Gasteiger partial charge is 0.489 e. The van der Waals surface area contributed by atoms with Gasteiger partial charge < -0.3 is 26.2 Å². The molecule has 5 N–H and O–H groups in total. The van der Waals surface area contributed by atoms with Crippen LogP contribution in [0.5, 0.6) is 5.75 Å². The Labute approximate surface area is 177 Å². The second kappa shape index (κ2) is 10.3. The summed E-state index contributed by atoms with van der Waals surface area (Å²) in [6.45, 7) is 1.24. The van der Waals surface area contributed by atoms with Crippen LogP contribution in [0.25, 0.3) is 0 Å². The molecule has 156 valence electrons. The van der Waals surface area contributed by atoms with E-state index in [9.17, 15) is 9.59 Å². The van der Waals surface area contributed by atoms with Crippen LogP contribution in [0, 0.1) is 0 Å². The average molecular weight is 426 g/mol. The molecule has 3 aromatic rings. The van der Waals surface area contributed by atoms with E-state index in [4.69, 9.17) is 15.6 Å². The molecule has 8 nitrogen and oxygen atoms in total. The number of carboxylic acid groups (broad SMARTS) is 1. The summed E-state index contributed by atoms with van der Waals surface area (Å²) in [6.07, 6.45) is -0.480. The molecule has 0 aliphatic heterocycles. The number of aromatic nitrogens is 1. The highest BCUT2D eigenvalue weighted by atomic mass is 32.1. The molecule has 1 heterocycles. The van der Waals surface area contributed by atoms with Crippen LogP contribution in [0.15, 0.2) is 54.6 Å². The zero-order valence-corrected chi connectivity index (χ0v) is 16.9. The lowest BCUT2D eigenvalue weighted by molar-refractivity contribution is 0.104. The second-order valence-corrected chi connectivity index (χ2v) is 7.38. The van der Waals surface area contributed by atoms with Crippen LogP contribution in [0.3, 0.4) is 0 Å². The summed E-state index contributed by atoms with van der Waals surface area (Å²) in [5, 5.41) is 14.4. The number of hydrogen-bond acceptors (Lipinski definition) is 7. The average Bonchev–Trinajstić information content (AvgIpc) is 3.12. The highest BCUT2D eigenvalue weighted by molar-refractivity contribution is 7.18. The van der Waals surface area contributed by atoms with E-state index in [-0.39, 0.29) is 11.6 Å². The number of nitrogens with zero attached hydrogens (tertiary/aromatic N) is 1. The third kappa shape index (κ3) is 5.95. The summed E-state index contributed by atoms with van der Waals surface area (Å²) in [6, 6.07) is 16.7. The third-order valence-electron chi connectivity index (χ3n) is 4.11. The molecule has 0 bridgehead atoms. The van der Waals surface area contributed by atoms with Crippen LogP contribution in [-0.2, 0) is 6.61 Å². The van der Waals surface area contributed by atoms with Gasteiger partial charge in [-0.05, 0) is 24.1 Å². The van der Waals surface area contributed by atoms with Gasteiger partial charge in [0.05, 0.1) is 0 Å². The maximum Gasteiger partial charge on any atom is 0.404 e.